The van der Waals surface area contributed by atoms with Crippen LogP contribution in [0.5, 0.6) is 23.0 Å². The first-order valence-corrected chi connectivity index (χ1v) is 8.57. The van der Waals surface area contributed by atoms with Gasteiger partial charge in [-0.05, 0) is 35.9 Å². The number of hydrazone groups is 1. The lowest BCUT2D eigenvalue weighted by Crippen LogP contribution is -2.46. The van der Waals surface area contributed by atoms with Crippen molar-refractivity contribution < 1.29 is 28.5 Å². The number of carbonyl (C=O) groups is 2. The molecule has 4 rings (SSSR count). The first-order valence-electron chi connectivity index (χ1n) is 8.57. The number of nitrogens with one attached hydrogen (secondary N) is 2. The van der Waals surface area contributed by atoms with Crippen molar-refractivity contribution in [2.24, 2.45) is 5.10 Å². The number of rotatable bonds is 5. The normalized spacial score (nSPS) is 16.6. The zero-order valence-electron chi connectivity index (χ0n) is 14.7. The predicted molar refractivity (Wildman–Crippen MR) is 97.7 cm³/mol. The highest BCUT2D eigenvalue weighted by Gasteiger charge is 2.27. The molecule has 0 spiro atoms. The van der Waals surface area contributed by atoms with E-state index in [1.165, 1.54) is 6.21 Å². The maximum absolute atomic E-state index is 12.2. The summed E-state index contributed by atoms with van der Waals surface area (Å²) in [6.45, 7) is 0.0270. The lowest BCUT2D eigenvalue weighted by Gasteiger charge is -2.25. The SMILES string of the molecule is O=C(CNC(=O)C1COc2ccccc2O1)NN=Cc1ccc2c(c1)OCO2. The second-order valence-corrected chi connectivity index (χ2v) is 5.99. The average molecular weight is 383 g/mol. The Kier molecular flexibility index (Phi) is 4.96. The van der Waals surface area contributed by atoms with Crippen LogP contribution >= 0.6 is 0 Å². The topological polar surface area (TPSA) is 107 Å². The minimum Gasteiger partial charge on any atom is -0.485 e. The fourth-order valence-electron chi connectivity index (χ4n) is 2.64. The van der Waals surface area contributed by atoms with Crippen molar-refractivity contribution >= 4 is 18.0 Å². The summed E-state index contributed by atoms with van der Waals surface area (Å²) in [5, 5.41) is 6.36. The van der Waals surface area contributed by atoms with Gasteiger partial charge in [-0.2, -0.15) is 5.10 Å². The molecule has 0 radical (unpaired) electrons. The third-order valence-electron chi connectivity index (χ3n) is 4.02. The standard InChI is InChI=1S/C19H17N3O6/c23-18(22-21-8-12-5-6-14-16(7-12)27-11-26-14)9-20-19(24)17-10-25-13-3-1-2-4-15(13)28-17/h1-8,17H,9-11H2,(H,20,24)(H,22,23). The van der Waals surface area contributed by atoms with Crippen molar-refractivity contribution in [1.29, 1.82) is 0 Å². The molecule has 2 aromatic carbocycles. The Bertz CT molecular complexity index is 930. The molecule has 9 heteroatoms. The molecule has 1 unspecified atom stereocenters. The third-order valence-corrected chi connectivity index (χ3v) is 4.02. The molecule has 0 aromatic heterocycles. The molecule has 2 amide bonds. The van der Waals surface area contributed by atoms with Crippen LogP contribution in [0.2, 0.25) is 0 Å². The monoisotopic (exact) mass is 383 g/mol. The number of amides is 2. The van der Waals surface area contributed by atoms with Crippen LogP contribution in [0.25, 0.3) is 0 Å². The maximum atomic E-state index is 12.2. The number of fused-ring (bicyclic) bond motifs is 2. The van der Waals surface area contributed by atoms with Gasteiger partial charge >= 0.3 is 0 Å². The highest BCUT2D eigenvalue weighted by molar-refractivity contribution is 5.88. The molecule has 2 aromatic rings. The van der Waals surface area contributed by atoms with Gasteiger partial charge in [-0.25, -0.2) is 5.43 Å². The number of hydrogen-bond acceptors (Lipinski definition) is 7. The van der Waals surface area contributed by atoms with Crippen molar-refractivity contribution in [3.63, 3.8) is 0 Å². The summed E-state index contributed by atoms with van der Waals surface area (Å²) >= 11 is 0. The van der Waals surface area contributed by atoms with E-state index < -0.39 is 17.9 Å². The van der Waals surface area contributed by atoms with Gasteiger partial charge in [-0.1, -0.05) is 12.1 Å². The first kappa shape index (κ1) is 17.7. The van der Waals surface area contributed by atoms with Crippen molar-refractivity contribution in [3.8, 4) is 23.0 Å². The van der Waals surface area contributed by atoms with Crippen LogP contribution in [-0.2, 0) is 9.59 Å². The minimum atomic E-state index is -0.820. The molecule has 0 saturated heterocycles. The molecule has 2 aliphatic rings. The molecular formula is C19H17N3O6. The summed E-state index contributed by atoms with van der Waals surface area (Å²) < 4.78 is 21.6. The van der Waals surface area contributed by atoms with Gasteiger partial charge in [0.1, 0.15) is 6.61 Å². The van der Waals surface area contributed by atoms with Gasteiger partial charge in [0.2, 0.25) is 12.9 Å². The van der Waals surface area contributed by atoms with E-state index in [1.807, 2.05) is 6.07 Å². The number of para-hydroxylation sites is 2. The zero-order chi connectivity index (χ0) is 19.3. The van der Waals surface area contributed by atoms with Gasteiger partial charge in [0, 0.05) is 0 Å². The van der Waals surface area contributed by atoms with Gasteiger partial charge in [0.05, 0.1) is 12.8 Å². The molecular weight excluding hydrogens is 366 g/mol. The average Bonchev–Trinajstić information content (AvgIpc) is 3.19. The molecule has 2 N–H and O–H groups in total. The fraction of sp³-hybridized carbons (Fsp3) is 0.211. The minimum absolute atomic E-state index is 0.0761. The Morgan fingerprint density at radius 3 is 2.71 bits per heavy atom. The number of carbonyl (C=O) groups excluding carboxylic acids is 2. The van der Waals surface area contributed by atoms with E-state index in [4.69, 9.17) is 18.9 Å². The highest BCUT2D eigenvalue weighted by atomic mass is 16.7. The summed E-state index contributed by atoms with van der Waals surface area (Å²) in [4.78, 5) is 24.0. The molecule has 2 aliphatic heterocycles. The summed E-state index contributed by atoms with van der Waals surface area (Å²) in [5.74, 6) is 1.46. The number of benzene rings is 2. The number of hydrogen-bond donors (Lipinski definition) is 2. The Balaban J connectivity index is 1.23. The van der Waals surface area contributed by atoms with Gasteiger partial charge < -0.3 is 24.3 Å². The molecule has 0 bridgehead atoms. The van der Waals surface area contributed by atoms with Gasteiger partial charge in [0.15, 0.2) is 23.0 Å². The molecule has 9 nitrogen and oxygen atoms in total. The third kappa shape index (κ3) is 3.98. The van der Waals surface area contributed by atoms with E-state index in [-0.39, 0.29) is 19.9 Å². The number of nitrogens with zero attached hydrogens (tertiary/aromatic N) is 1. The van der Waals surface area contributed by atoms with Crippen LogP contribution in [0.15, 0.2) is 47.6 Å². The van der Waals surface area contributed by atoms with Gasteiger partial charge in [0.25, 0.3) is 11.8 Å². The molecule has 0 aliphatic carbocycles. The Hall–Kier alpha value is -3.75. The van der Waals surface area contributed by atoms with Crippen LogP contribution in [0, 0.1) is 0 Å². The Morgan fingerprint density at radius 1 is 1.04 bits per heavy atom. The van der Waals surface area contributed by atoms with E-state index >= 15 is 0 Å². The van der Waals surface area contributed by atoms with E-state index in [0.29, 0.717) is 23.0 Å². The Labute approximate surface area is 160 Å². The predicted octanol–water partition coefficient (Wildman–Crippen LogP) is 0.822. The largest absolute Gasteiger partial charge is 0.485 e. The van der Waals surface area contributed by atoms with Crippen molar-refractivity contribution in [2.75, 3.05) is 19.9 Å². The summed E-state index contributed by atoms with van der Waals surface area (Å²) in [6.07, 6.45) is 0.649. The molecule has 1 atom stereocenters. The van der Waals surface area contributed by atoms with Crippen molar-refractivity contribution in [2.45, 2.75) is 6.10 Å². The lowest BCUT2D eigenvalue weighted by molar-refractivity contribution is -0.132. The lowest BCUT2D eigenvalue weighted by atomic mass is 10.2. The van der Waals surface area contributed by atoms with Crippen LogP contribution in [0.3, 0.4) is 0 Å². The molecule has 0 fully saturated rings. The molecule has 2 heterocycles. The zero-order valence-corrected chi connectivity index (χ0v) is 14.7. The quantitative estimate of drug-likeness (QED) is 0.585. The summed E-state index contributed by atoms with van der Waals surface area (Å²) in [5.41, 5.74) is 3.08. The van der Waals surface area contributed by atoms with Crippen LogP contribution in [0.4, 0.5) is 0 Å². The molecule has 28 heavy (non-hydrogen) atoms. The Morgan fingerprint density at radius 2 is 1.82 bits per heavy atom. The second-order valence-electron chi connectivity index (χ2n) is 5.99. The maximum Gasteiger partial charge on any atom is 0.265 e. The van der Waals surface area contributed by atoms with Crippen LogP contribution in [-0.4, -0.2) is 44.1 Å². The van der Waals surface area contributed by atoms with Gasteiger partial charge in [-0.3, -0.25) is 9.59 Å². The van der Waals surface area contributed by atoms with Crippen molar-refractivity contribution in [3.05, 3.63) is 48.0 Å². The van der Waals surface area contributed by atoms with E-state index in [2.05, 4.69) is 15.8 Å². The summed E-state index contributed by atoms with van der Waals surface area (Å²) in [6, 6.07) is 12.4. The van der Waals surface area contributed by atoms with E-state index in [0.717, 1.165) is 5.56 Å². The first-order chi connectivity index (χ1) is 13.7. The molecule has 144 valence electrons. The van der Waals surface area contributed by atoms with Crippen molar-refractivity contribution in [1.82, 2.24) is 10.7 Å². The van der Waals surface area contributed by atoms with Crippen LogP contribution in [0.1, 0.15) is 5.56 Å². The van der Waals surface area contributed by atoms with Crippen LogP contribution < -0.4 is 29.7 Å². The van der Waals surface area contributed by atoms with E-state index in [9.17, 15) is 9.59 Å². The highest BCUT2D eigenvalue weighted by Crippen LogP contribution is 2.32. The van der Waals surface area contributed by atoms with Gasteiger partial charge in [-0.15, -0.1) is 0 Å². The summed E-state index contributed by atoms with van der Waals surface area (Å²) in [7, 11) is 0. The second kappa shape index (κ2) is 7.87. The molecule has 0 saturated carbocycles. The smallest absolute Gasteiger partial charge is 0.265 e. The fourth-order valence-corrected chi connectivity index (χ4v) is 2.64. The number of ether oxygens (including phenoxy) is 4. The van der Waals surface area contributed by atoms with E-state index in [1.54, 1.807) is 36.4 Å².